The molecule has 5 heteroatoms. The molecule has 0 aliphatic heterocycles. The molecule has 0 saturated heterocycles. The SMILES string of the molecule is CNCC(C)S(=O)(=O)NCCCC1CC1. The summed E-state index contributed by atoms with van der Waals surface area (Å²) in [5.41, 5.74) is 0. The monoisotopic (exact) mass is 234 g/mol. The van der Waals surface area contributed by atoms with E-state index < -0.39 is 10.0 Å². The smallest absolute Gasteiger partial charge is 0.215 e. The Hall–Kier alpha value is -0.130. The van der Waals surface area contributed by atoms with E-state index in [4.69, 9.17) is 0 Å². The Morgan fingerprint density at radius 2 is 2.07 bits per heavy atom. The molecule has 4 nitrogen and oxygen atoms in total. The van der Waals surface area contributed by atoms with Gasteiger partial charge >= 0.3 is 0 Å². The van der Waals surface area contributed by atoms with Crippen LogP contribution in [0.1, 0.15) is 32.6 Å². The zero-order valence-electron chi connectivity index (χ0n) is 9.62. The lowest BCUT2D eigenvalue weighted by Crippen LogP contribution is -2.38. The molecule has 1 fully saturated rings. The highest BCUT2D eigenvalue weighted by atomic mass is 32.2. The number of rotatable bonds is 8. The minimum absolute atomic E-state index is 0.358. The molecule has 0 aromatic rings. The van der Waals surface area contributed by atoms with Crippen LogP contribution in [0.25, 0.3) is 0 Å². The predicted octanol–water partition coefficient (Wildman–Crippen LogP) is 0.704. The predicted molar refractivity (Wildman–Crippen MR) is 62.3 cm³/mol. The van der Waals surface area contributed by atoms with E-state index in [-0.39, 0.29) is 5.25 Å². The summed E-state index contributed by atoms with van der Waals surface area (Å²) in [5.74, 6) is 0.879. The van der Waals surface area contributed by atoms with E-state index in [2.05, 4.69) is 10.0 Å². The van der Waals surface area contributed by atoms with E-state index >= 15 is 0 Å². The molecule has 1 unspecified atom stereocenters. The summed E-state index contributed by atoms with van der Waals surface area (Å²) in [4.78, 5) is 0. The summed E-state index contributed by atoms with van der Waals surface area (Å²) in [6.45, 7) is 2.81. The molecule has 2 N–H and O–H groups in total. The standard InChI is InChI=1S/C10H22N2O2S/c1-9(8-11-2)15(13,14)12-7-3-4-10-5-6-10/h9-12H,3-8H2,1-2H3. The third kappa shape index (κ3) is 4.95. The van der Waals surface area contributed by atoms with Crippen LogP contribution in [0, 0.1) is 5.92 Å². The van der Waals surface area contributed by atoms with Crippen LogP contribution in [-0.2, 0) is 10.0 Å². The van der Waals surface area contributed by atoms with Gasteiger partial charge < -0.3 is 5.32 Å². The van der Waals surface area contributed by atoms with Crippen molar-refractivity contribution in [1.82, 2.24) is 10.0 Å². The molecule has 1 saturated carbocycles. The van der Waals surface area contributed by atoms with Crippen LogP contribution < -0.4 is 10.0 Å². The maximum atomic E-state index is 11.6. The highest BCUT2D eigenvalue weighted by molar-refractivity contribution is 7.90. The second-order valence-electron chi connectivity index (χ2n) is 4.39. The summed E-state index contributed by atoms with van der Waals surface area (Å²) in [5, 5.41) is 2.52. The van der Waals surface area contributed by atoms with Gasteiger partial charge in [0.2, 0.25) is 10.0 Å². The Kier molecular flexibility index (Phi) is 5.02. The highest BCUT2D eigenvalue weighted by Crippen LogP contribution is 2.33. The molecule has 15 heavy (non-hydrogen) atoms. The van der Waals surface area contributed by atoms with Gasteiger partial charge in [-0.1, -0.05) is 12.8 Å². The van der Waals surface area contributed by atoms with Crippen molar-refractivity contribution in [3.63, 3.8) is 0 Å². The summed E-state index contributed by atoms with van der Waals surface area (Å²) < 4.78 is 25.9. The third-order valence-electron chi connectivity index (χ3n) is 2.81. The zero-order valence-corrected chi connectivity index (χ0v) is 10.4. The van der Waals surface area contributed by atoms with Gasteiger partial charge in [0.15, 0.2) is 0 Å². The molecule has 1 aliphatic carbocycles. The van der Waals surface area contributed by atoms with Crippen molar-refractivity contribution < 1.29 is 8.42 Å². The van der Waals surface area contributed by atoms with E-state index in [0.717, 1.165) is 12.3 Å². The first-order valence-corrected chi connectivity index (χ1v) is 7.24. The van der Waals surface area contributed by atoms with Crippen LogP contribution in [0.5, 0.6) is 0 Å². The molecule has 0 heterocycles. The van der Waals surface area contributed by atoms with Crippen LogP contribution in [0.4, 0.5) is 0 Å². The lowest BCUT2D eigenvalue weighted by molar-refractivity contribution is 0.556. The third-order valence-corrected chi connectivity index (χ3v) is 4.64. The number of hydrogen-bond acceptors (Lipinski definition) is 3. The van der Waals surface area contributed by atoms with Gasteiger partial charge in [0.05, 0.1) is 5.25 Å². The fourth-order valence-corrected chi connectivity index (χ4v) is 2.65. The minimum atomic E-state index is -3.11. The van der Waals surface area contributed by atoms with Gasteiger partial charge in [0, 0.05) is 13.1 Å². The van der Waals surface area contributed by atoms with Crippen molar-refractivity contribution in [2.75, 3.05) is 20.1 Å². The van der Waals surface area contributed by atoms with Gasteiger partial charge in [-0.3, -0.25) is 0 Å². The van der Waals surface area contributed by atoms with Gasteiger partial charge in [0.25, 0.3) is 0 Å². The second kappa shape index (κ2) is 5.82. The fourth-order valence-electron chi connectivity index (χ4n) is 1.55. The zero-order chi connectivity index (χ0) is 11.3. The molecule has 0 aromatic carbocycles. The van der Waals surface area contributed by atoms with Gasteiger partial charge in [-0.25, -0.2) is 13.1 Å². The maximum absolute atomic E-state index is 11.6. The largest absolute Gasteiger partial charge is 0.318 e. The average molecular weight is 234 g/mol. The molecule has 90 valence electrons. The maximum Gasteiger partial charge on any atom is 0.215 e. The molecular weight excluding hydrogens is 212 g/mol. The average Bonchev–Trinajstić information content (AvgIpc) is 2.96. The van der Waals surface area contributed by atoms with Crippen LogP contribution in [0.15, 0.2) is 0 Å². The van der Waals surface area contributed by atoms with Crippen LogP contribution in [-0.4, -0.2) is 33.8 Å². The quantitative estimate of drug-likeness (QED) is 0.608. The van der Waals surface area contributed by atoms with Gasteiger partial charge in [-0.15, -0.1) is 0 Å². The molecule has 0 amide bonds. The fraction of sp³-hybridized carbons (Fsp3) is 1.00. The second-order valence-corrected chi connectivity index (χ2v) is 6.58. The van der Waals surface area contributed by atoms with Crippen molar-refractivity contribution in [3.8, 4) is 0 Å². The van der Waals surface area contributed by atoms with Gasteiger partial charge in [-0.05, 0) is 32.7 Å². The molecule has 1 atom stereocenters. The first kappa shape index (κ1) is 12.9. The van der Waals surface area contributed by atoms with Crippen molar-refractivity contribution in [2.45, 2.75) is 37.9 Å². The van der Waals surface area contributed by atoms with Crippen molar-refractivity contribution in [1.29, 1.82) is 0 Å². The first-order valence-electron chi connectivity index (χ1n) is 5.69. The highest BCUT2D eigenvalue weighted by Gasteiger charge is 2.22. The van der Waals surface area contributed by atoms with E-state index in [1.165, 1.54) is 19.3 Å². The lowest BCUT2D eigenvalue weighted by Gasteiger charge is -2.13. The van der Waals surface area contributed by atoms with Gasteiger partial charge in [0.1, 0.15) is 0 Å². The summed E-state index contributed by atoms with van der Waals surface area (Å²) >= 11 is 0. The minimum Gasteiger partial charge on any atom is -0.318 e. The molecular formula is C10H22N2O2S. The Balaban J connectivity index is 2.16. The molecule has 1 aliphatic rings. The number of nitrogens with one attached hydrogen (secondary N) is 2. The van der Waals surface area contributed by atoms with Crippen molar-refractivity contribution >= 4 is 10.0 Å². The van der Waals surface area contributed by atoms with Crippen LogP contribution in [0.2, 0.25) is 0 Å². The molecule has 0 radical (unpaired) electrons. The summed E-state index contributed by atoms with van der Waals surface area (Å²) in [7, 11) is -1.35. The van der Waals surface area contributed by atoms with E-state index in [1.807, 2.05) is 0 Å². The number of sulfonamides is 1. The Bertz CT molecular complexity index is 273. The molecule has 0 spiro atoms. The van der Waals surface area contributed by atoms with Crippen molar-refractivity contribution in [2.24, 2.45) is 5.92 Å². The summed E-state index contributed by atoms with van der Waals surface area (Å²) in [6, 6.07) is 0. The molecule has 0 bridgehead atoms. The van der Waals surface area contributed by atoms with E-state index in [1.54, 1.807) is 14.0 Å². The van der Waals surface area contributed by atoms with Crippen molar-refractivity contribution in [3.05, 3.63) is 0 Å². The Morgan fingerprint density at radius 3 is 2.60 bits per heavy atom. The number of hydrogen-bond donors (Lipinski definition) is 2. The first-order chi connectivity index (χ1) is 7.06. The van der Waals surface area contributed by atoms with Gasteiger partial charge in [-0.2, -0.15) is 0 Å². The molecule has 0 aromatic heterocycles. The Labute approximate surface area is 92.9 Å². The normalized spacial score (nSPS) is 19.1. The van der Waals surface area contributed by atoms with E-state index in [9.17, 15) is 8.42 Å². The van der Waals surface area contributed by atoms with E-state index in [0.29, 0.717) is 13.1 Å². The summed E-state index contributed by atoms with van der Waals surface area (Å²) in [6.07, 6.45) is 4.81. The van der Waals surface area contributed by atoms with Crippen LogP contribution in [0.3, 0.4) is 0 Å². The topological polar surface area (TPSA) is 58.2 Å². The lowest BCUT2D eigenvalue weighted by atomic mass is 10.2. The molecule has 1 rings (SSSR count). The van der Waals surface area contributed by atoms with Crippen LogP contribution >= 0.6 is 0 Å². The Morgan fingerprint density at radius 1 is 1.40 bits per heavy atom.